The average molecular weight is 808 g/mol. The van der Waals surface area contributed by atoms with Crippen molar-refractivity contribution in [3.63, 3.8) is 0 Å². The minimum absolute atomic E-state index is 0.159. The van der Waals surface area contributed by atoms with Crippen LogP contribution in [-0.2, 0) is 5.41 Å². The third kappa shape index (κ3) is 6.04. The normalized spacial score (nSPS) is 12.7. The van der Waals surface area contributed by atoms with Crippen LogP contribution in [0.3, 0.4) is 0 Å². The largest absolute Gasteiger partial charge is 0.310 e. The lowest BCUT2D eigenvalue weighted by molar-refractivity contribution is 0.660. The number of hydrogen-bond donors (Lipinski definition) is 0. The fourth-order valence-electron chi connectivity index (χ4n) is 9.74. The quantitative estimate of drug-likeness (QED) is 0.161. The molecule has 0 amide bonds. The van der Waals surface area contributed by atoms with Crippen molar-refractivity contribution in [3.8, 4) is 51.0 Å². The molecule has 0 radical (unpaired) electrons. The van der Waals surface area contributed by atoms with Crippen LogP contribution in [0.15, 0.2) is 212 Å². The molecule has 1 aliphatic carbocycles. The first-order chi connectivity index (χ1) is 31.0. The van der Waals surface area contributed by atoms with E-state index in [-0.39, 0.29) is 5.41 Å². The Kier molecular flexibility index (Phi) is 8.44. The molecule has 2 heterocycles. The Balaban J connectivity index is 1.12. The molecule has 63 heavy (non-hydrogen) atoms. The van der Waals surface area contributed by atoms with Gasteiger partial charge < -0.3 is 4.90 Å². The summed E-state index contributed by atoms with van der Waals surface area (Å²) in [4.78, 5) is 18.0. The van der Waals surface area contributed by atoms with Gasteiger partial charge in [0.1, 0.15) is 0 Å². The molecule has 5 nitrogen and oxygen atoms in total. The number of nitrogens with zero attached hydrogens (tertiary/aromatic N) is 5. The minimum Gasteiger partial charge on any atom is -0.310 e. The number of rotatable bonds is 7. The molecule has 0 spiro atoms. The van der Waals surface area contributed by atoms with Crippen molar-refractivity contribution in [2.24, 2.45) is 0 Å². The minimum atomic E-state index is -0.159. The summed E-state index contributed by atoms with van der Waals surface area (Å²) in [5.74, 6) is 1.80. The van der Waals surface area contributed by atoms with Crippen LogP contribution in [0.1, 0.15) is 25.0 Å². The van der Waals surface area contributed by atoms with E-state index < -0.39 is 0 Å². The highest BCUT2D eigenvalue weighted by Crippen LogP contribution is 2.51. The summed E-state index contributed by atoms with van der Waals surface area (Å²) < 4.78 is 2.24. The first-order valence-corrected chi connectivity index (χ1v) is 21.5. The molecule has 0 atom stereocenters. The maximum absolute atomic E-state index is 5.28. The van der Waals surface area contributed by atoms with Crippen molar-refractivity contribution < 1.29 is 0 Å². The Hall–Kier alpha value is -8.15. The first-order valence-electron chi connectivity index (χ1n) is 21.5. The zero-order chi connectivity index (χ0) is 42.1. The Morgan fingerprint density at radius 2 is 0.952 bits per heavy atom. The van der Waals surface area contributed by atoms with Crippen LogP contribution in [0.4, 0.5) is 17.1 Å². The van der Waals surface area contributed by atoms with E-state index in [1.807, 2.05) is 36.4 Å². The molecule has 12 rings (SSSR count). The van der Waals surface area contributed by atoms with Gasteiger partial charge in [-0.25, -0.2) is 4.98 Å². The van der Waals surface area contributed by atoms with Crippen molar-refractivity contribution in [2.75, 3.05) is 4.90 Å². The van der Waals surface area contributed by atoms with Crippen LogP contribution in [0.5, 0.6) is 0 Å². The summed E-state index contributed by atoms with van der Waals surface area (Å²) in [6.07, 6.45) is 0. The number of anilines is 3. The molecule has 298 valence electrons. The van der Waals surface area contributed by atoms with E-state index in [4.69, 9.17) is 15.0 Å². The maximum atomic E-state index is 5.28. The lowest BCUT2D eigenvalue weighted by Gasteiger charge is -2.28. The van der Waals surface area contributed by atoms with Crippen molar-refractivity contribution in [2.45, 2.75) is 19.3 Å². The summed E-state index contributed by atoms with van der Waals surface area (Å²) in [7, 11) is 0. The number of hydrogen-bond acceptors (Lipinski definition) is 4. The third-order valence-electron chi connectivity index (χ3n) is 12.8. The second-order valence-corrected chi connectivity index (χ2v) is 16.9. The van der Waals surface area contributed by atoms with Crippen LogP contribution in [0.25, 0.3) is 83.6 Å². The van der Waals surface area contributed by atoms with Crippen molar-refractivity contribution in [3.05, 3.63) is 223 Å². The number of aromatic nitrogens is 4. The zero-order valence-corrected chi connectivity index (χ0v) is 34.9. The van der Waals surface area contributed by atoms with Crippen molar-refractivity contribution in [1.29, 1.82) is 0 Å². The van der Waals surface area contributed by atoms with Gasteiger partial charge in [-0.15, -0.1) is 0 Å². The molecule has 5 heteroatoms. The standard InChI is InChI=1S/C58H41N5/c1-58(2)50-25-15-14-24-47(50)48-33-31-44(36-51(48)58)62(43-29-26-39(27-30-43)38-16-6-3-7-17-38)45-32-34-49-53(37-45)63(52-35-28-40-18-12-13-23-46(40)54(49)52)57-60-55(41-19-8-4-9-20-41)59-56(61-57)42-21-10-5-11-22-42/h3-37H,1-2H3. The predicted molar refractivity (Wildman–Crippen MR) is 260 cm³/mol. The molecule has 0 N–H and O–H groups in total. The van der Waals surface area contributed by atoms with E-state index in [1.165, 1.54) is 44.2 Å². The first kappa shape index (κ1) is 36.7. The monoisotopic (exact) mass is 807 g/mol. The molecule has 0 saturated carbocycles. The lowest BCUT2D eigenvalue weighted by atomic mass is 9.82. The second-order valence-electron chi connectivity index (χ2n) is 16.9. The van der Waals surface area contributed by atoms with Gasteiger partial charge in [0.2, 0.25) is 5.95 Å². The Bertz CT molecular complexity index is 3460. The summed E-state index contributed by atoms with van der Waals surface area (Å²) in [6.45, 7) is 4.69. The van der Waals surface area contributed by atoms with Gasteiger partial charge in [0.25, 0.3) is 0 Å². The van der Waals surface area contributed by atoms with E-state index >= 15 is 0 Å². The lowest BCUT2D eigenvalue weighted by Crippen LogP contribution is -2.16. The number of fused-ring (bicyclic) bond motifs is 8. The molecule has 0 unspecified atom stereocenters. The fraction of sp³-hybridized carbons (Fsp3) is 0.0517. The number of benzene rings is 9. The maximum Gasteiger partial charge on any atom is 0.238 e. The Morgan fingerprint density at radius 3 is 1.67 bits per heavy atom. The summed E-state index contributed by atoms with van der Waals surface area (Å²) in [5.41, 5.74) is 14.5. The highest BCUT2D eigenvalue weighted by atomic mass is 15.2. The van der Waals surface area contributed by atoms with Gasteiger partial charge in [-0.1, -0.05) is 184 Å². The highest BCUT2D eigenvalue weighted by molar-refractivity contribution is 6.21. The van der Waals surface area contributed by atoms with E-state index in [0.29, 0.717) is 17.6 Å². The highest BCUT2D eigenvalue weighted by Gasteiger charge is 2.36. The van der Waals surface area contributed by atoms with Gasteiger partial charge in [0.05, 0.1) is 11.0 Å². The fourth-order valence-corrected chi connectivity index (χ4v) is 9.74. The van der Waals surface area contributed by atoms with E-state index in [9.17, 15) is 0 Å². The Labute approximate surface area is 366 Å². The molecular weight excluding hydrogens is 767 g/mol. The van der Waals surface area contributed by atoms with Crippen LogP contribution in [0, 0.1) is 0 Å². The topological polar surface area (TPSA) is 46.8 Å². The molecule has 0 fully saturated rings. The van der Waals surface area contributed by atoms with Gasteiger partial charge in [0.15, 0.2) is 11.6 Å². The van der Waals surface area contributed by atoms with Gasteiger partial charge in [-0.2, -0.15) is 9.97 Å². The summed E-state index contributed by atoms with van der Waals surface area (Å²) in [5, 5.41) is 4.65. The van der Waals surface area contributed by atoms with Gasteiger partial charge in [-0.3, -0.25) is 4.57 Å². The smallest absolute Gasteiger partial charge is 0.238 e. The SMILES string of the molecule is CC1(C)c2ccccc2-c2ccc(N(c3ccc(-c4ccccc4)cc3)c3ccc4c5c6ccccc6ccc5n(-c5nc(-c6ccccc6)nc(-c6ccccc6)n5)c4c3)cc21. The average Bonchev–Trinajstić information content (AvgIpc) is 3.80. The second kappa shape index (κ2) is 14.5. The third-order valence-corrected chi connectivity index (χ3v) is 12.8. The van der Waals surface area contributed by atoms with Crippen LogP contribution in [0.2, 0.25) is 0 Å². The van der Waals surface area contributed by atoms with Gasteiger partial charge in [0, 0.05) is 44.4 Å². The molecule has 9 aromatic carbocycles. The molecule has 0 aliphatic heterocycles. The van der Waals surface area contributed by atoms with Crippen LogP contribution in [-0.4, -0.2) is 19.5 Å². The Morgan fingerprint density at radius 1 is 0.397 bits per heavy atom. The predicted octanol–water partition coefficient (Wildman–Crippen LogP) is 14.9. The van der Waals surface area contributed by atoms with Crippen LogP contribution < -0.4 is 4.90 Å². The van der Waals surface area contributed by atoms with Crippen molar-refractivity contribution in [1.82, 2.24) is 19.5 Å². The van der Waals surface area contributed by atoms with Gasteiger partial charge >= 0.3 is 0 Å². The molecule has 11 aromatic rings. The summed E-state index contributed by atoms with van der Waals surface area (Å²) in [6, 6.07) is 75.6. The zero-order valence-electron chi connectivity index (χ0n) is 34.9. The van der Waals surface area contributed by atoms with Crippen LogP contribution >= 0.6 is 0 Å². The van der Waals surface area contributed by atoms with E-state index in [0.717, 1.165) is 50.0 Å². The molecule has 1 aliphatic rings. The molecule has 0 bridgehead atoms. The molecule has 2 aromatic heterocycles. The molecular formula is C58H41N5. The van der Waals surface area contributed by atoms with Gasteiger partial charge in [-0.05, 0) is 86.6 Å². The van der Waals surface area contributed by atoms with E-state index in [1.54, 1.807) is 0 Å². The van der Waals surface area contributed by atoms with Crippen molar-refractivity contribution >= 4 is 49.6 Å². The molecule has 0 saturated heterocycles. The van der Waals surface area contributed by atoms with E-state index in [2.05, 4.69) is 199 Å². The summed E-state index contributed by atoms with van der Waals surface area (Å²) >= 11 is 0.